The van der Waals surface area contributed by atoms with Crippen molar-refractivity contribution in [2.24, 2.45) is 0 Å². The van der Waals surface area contributed by atoms with Crippen LogP contribution in [-0.2, 0) is 14.8 Å². The van der Waals surface area contributed by atoms with E-state index in [4.69, 9.17) is 10.5 Å². The number of nitrogens with one attached hydrogen (secondary N) is 1. The topological polar surface area (TPSA) is 81.4 Å². The zero-order valence-electron chi connectivity index (χ0n) is 11.1. The fraction of sp³-hybridized carbons (Fsp3) is 0.636. The van der Waals surface area contributed by atoms with Crippen molar-refractivity contribution in [2.75, 3.05) is 18.9 Å². The molecule has 7 heteroatoms. The van der Waals surface area contributed by atoms with E-state index in [9.17, 15) is 8.42 Å². The van der Waals surface area contributed by atoms with Crippen LogP contribution in [0.2, 0.25) is 0 Å². The second-order valence-corrected chi connectivity index (χ2v) is 8.05. The van der Waals surface area contributed by atoms with Gasteiger partial charge in [0.05, 0.1) is 17.2 Å². The van der Waals surface area contributed by atoms with E-state index >= 15 is 0 Å². The van der Waals surface area contributed by atoms with Gasteiger partial charge in [-0.3, -0.25) is 0 Å². The fourth-order valence-electron chi connectivity index (χ4n) is 1.20. The van der Waals surface area contributed by atoms with E-state index in [0.717, 1.165) is 16.9 Å². The molecular formula is C11H20N2O3S2. The van der Waals surface area contributed by atoms with Crippen LogP contribution in [0.5, 0.6) is 0 Å². The number of anilines is 1. The number of nitrogen functional groups attached to an aromatic ring is 1. The first-order chi connectivity index (χ1) is 8.12. The van der Waals surface area contributed by atoms with Gasteiger partial charge in [-0.15, -0.1) is 11.3 Å². The molecule has 3 N–H and O–H groups in total. The minimum absolute atomic E-state index is 0.244. The predicted molar refractivity (Wildman–Crippen MR) is 74.4 cm³/mol. The van der Waals surface area contributed by atoms with Gasteiger partial charge in [0.2, 0.25) is 10.0 Å². The SMILES string of the molecule is Cc1cc(S(=O)(=O)NCCOC(C)(C)C)sc1N. The molecule has 0 spiro atoms. The number of sulfonamides is 1. The number of aryl methyl sites for hydroxylation is 1. The summed E-state index contributed by atoms with van der Waals surface area (Å²) in [6.45, 7) is 8.13. The van der Waals surface area contributed by atoms with Crippen molar-refractivity contribution in [3.8, 4) is 0 Å². The van der Waals surface area contributed by atoms with Gasteiger partial charge in [-0.05, 0) is 39.3 Å². The molecule has 0 aliphatic carbocycles. The highest BCUT2D eigenvalue weighted by molar-refractivity contribution is 7.91. The van der Waals surface area contributed by atoms with Gasteiger partial charge in [0.1, 0.15) is 4.21 Å². The molecule has 1 rings (SSSR count). The van der Waals surface area contributed by atoms with E-state index in [0.29, 0.717) is 11.6 Å². The summed E-state index contributed by atoms with van der Waals surface area (Å²) in [6.07, 6.45) is 0. The van der Waals surface area contributed by atoms with Gasteiger partial charge in [0.15, 0.2) is 0 Å². The monoisotopic (exact) mass is 292 g/mol. The Hall–Kier alpha value is -0.630. The lowest BCUT2D eigenvalue weighted by molar-refractivity contribution is 0.000793. The molecule has 0 saturated carbocycles. The van der Waals surface area contributed by atoms with E-state index in [1.54, 1.807) is 13.0 Å². The maximum Gasteiger partial charge on any atom is 0.250 e. The molecule has 0 aromatic carbocycles. The molecular weight excluding hydrogens is 272 g/mol. The van der Waals surface area contributed by atoms with Crippen LogP contribution >= 0.6 is 11.3 Å². The molecule has 1 aromatic heterocycles. The quantitative estimate of drug-likeness (QED) is 0.810. The first-order valence-electron chi connectivity index (χ1n) is 5.61. The van der Waals surface area contributed by atoms with Crippen LogP contribution in [0.1, 0.15) is 26.3 Å². The summed E-state index contributed by atoms with van der Waals surface area (Å²) >= 11 is 1.07. The van der Waals surface area contributed by atoms with Crippen molar-refractivity contribution >= 4 is 26.4 Å². The Labute approximate surface area is 112 Å². The third kappa shape index (κ3) is 4.56. The molecule has 5 nitrogen and oxygen atoms in total. The maximum absolute atomic E-state index is 11.9. The second kappa shape index (κ2) is 5.56. The maximum atomic E-state index is 11.9. The third-order valence-corrected chi connectivity index (χ3v) is 5.13. The van der Waals surface area contributed by atoms with E-state index in [2.05, 4.69) is 4.72 Å². The number of thiophene rings is 1. The third-order valence-electron chi connectivity index (χ3n) is 2.13. The summed E-state index contributed by atoms with van der Waals surface area (Å²) in [7, 11) is -3.47. The molecule has 0 fully saturated rings. The van der Waals surface area contributed by atoms with Crippen molar-refractivity contribution in [1.29, 1.82) is 0 Å². The Bertz CT molecular complexity index is 481. The van der Waals surface area contributed by atoms with Gasteiger partial charge < -0.3 is 10.5 Å². The number of nitrogens with two attached hydrogens (primary N) is 1. The molecule has 0 aliphatic heterocycles. The van der Waals surface area contributed by atoms with Gasteiger partial charge >= 0.3 is 0 Å². The molecule has 0 bridgehead atoms. The number of ether oxygens (including phenoxy) is 1. The summed E-state index contributed by atoms with van der Waals surface area (Å²) in [5, 5.41) is 0.529. The Balaban J connectivity index is 2.56. The lowest BCUT2D eigenvalue weighted by atomic mass is 10.2. The molecule has 0 amide bonds. The van der Waals surface area contributed by atoms with Crippen molar-refractivity contribution < 1.29 is 13.2 Å². The molecule has 18 heavy (non-hydrogen) atoms. The molecule has 0 saturated heterocycles. The van der Waals surface area contributed by atoms with Crippen LogP contribution in [0.3, 0.4) is 0 Å². The highest BCUT2D eigenvalue weighted by atomic mass is 32.2. The lowest BCUT2D eigenvalue weighted by Gasteiger charge is -2.19. The zero-order valence-corrected chi connectivity index (χ0v) is 12.7. The van der Waals surface area contributed by atoms with Gasteiger partial charge in [0.25, 0.3) is 0 Å². The van der Waals surface area contributed by atoms with Crippen LogP contribution in [0.4, 0.5) is 5.00 Å². The number of hydrogen-bond donors (Lipinski definition) is 2. The van der Waals surface area contributed by atoms with E-state index < -0.39 is 10.0 Å². The van der Waals surface area contributed by atoms with Crippen LogP contribution in [0.15, 0.2) is 10.3 Å². The normalized spacial score (nSPS) is 12.9. The van der Waals surface area contributed by atoms with Crippen molar-refractivity contribution in [3.63, 3.8) is 0 Å². The molecule has 0 atom stereocenters. The second-order valence-electron chi connectivity index (χ2n) is 4.97. The van der Waals surface area contributed by atoms with Crippen LogP contribution in [0, 0.1) is 6.92 Å². The summed E-state index contributed by atoms with van der Waals surface area (Å²) in [5.41, 5.74) is 6.17. The number of rotatable bonds is 5. The fourth-order valence-corrected chi connectivity index (χ4v) is 3.59. The average molecular weight is 292 g/mol. The molecule has 0 unspecified atom stereocenters. The summed E-state index contributed by atoms with van der Waals surface area (Å²) in [4.78, 5) is 0. The standard InChI is InChI=1S/C11H20N2O3S2/c1-8-7-9(17-10(8)12)18(14,15)13-5-6-16-11(2,3)4/h7,13H,5-6,12H2,1-4H3. The lowest BCUT2D eigenvalue weighted by Crippen LogP contribution is -2.30. The molecule has 1 aromatic rings. The van der Waals surface area contributed by atoms with Gasteiger partial charge in [-0.1, -0.05) is 0 Å². The van der Waals surface area contributed by atoms with E-state index in [-0.39, 0.29) is 16.4 Å². The Morgan fingerprint density at radius 3 is 2.50 bits per heavy atom. The van der Waals surface area contributed by atoms with Crippen molar-refractivity contribution in [1.82, 2.24) is 4.72 Å². The van der Waals surface area contributed by atoms with Gasteiger partial charge in [-0.2, -0.15) is 0 Å². The van der Waals surface area contributed by atoms with E-state index in [1.165, 1.54) is 0 Å². The molecule has 0 radical (unpaired) electrons. The Morgan fingerprint density at radius 1 is 1.44 bits per heavy atom. The molecule has 1 heterocycles. The first-order valence-corrected chi connectivity index (χ1v) is 7.91. The molecule has 0 aliphatic rings. The summed E-state index contributed by atoms with van der Waals surface area (Å²) in [6, 6.07) is 1.58. The summed E-state index contributed by atoms with van der Waals surface area (Å²) in [5.74, 6) is 0. The van der Waals surface area contributed by atoms with Crippen LogP contribution in [0.25, 0.3) is 0 Å². The highest BCUT2D eigenvalue weighted by Gasteiger charge is 2.18. The van der Waals surface area contributed by atoms with Gasteiger partial charge in [-0.25, -0.2) is 13.1 Å². The Kier molecular flexibility index (Phi) is 4.77. The van der Waals surface area contributed by atoms with Crippen molar-refractivity contribution in [3.05, 3.63) is 11.6 Å². The summed E-state index contributed by atoms with van der Waals surface area (Å²) < 4.78 is 32.0. The predicted octanol–water partition coefficient (Wildman–Crippen LogP) is 1.73. The highest BCUT2D eigenvalue weighted by Crippen LogP contribution is 2.27. The van der Waals surface area contributed by atoms with Crippen LogP contribution in [-0.4, -0.2) is 27.2 Å². The van der Waals surface area contributed by atoms with Gasteiger partial charge in [0, 0.05) is 6.54 Å². The largest absolute Gasteiger partial charge is 0.390 e. The zero-order chi connectivity index (χ0) is 14.0. The molecule has 104 valence electrons. The van der Waals surface area contributed by atoms with Crippen molar-refractivity contribution in [2.45, 2.75) is 37.5 Å². The number of hydrogen-bond acceptors (Lipinski definition) is 5. The van der Waals surface area contributed by atoms with E-state index in [1.807, 2.05) is 20.8 Å². The first kappa shape index (κ1) is 15.4. The van der Waals surface area contributed by atoms with Crippen LogP contribution < -0.4 is 10.5 Å². The Morgan fingerprint density at radius 2 is 2.06 bits per heavy atom. The minimum atomic E-state index is -3.47. The smallest absolute Gasteiger partial charge is 0.250 e. The average Bonchev–Trinajstić information content (AvgIpc) is 2.54. The minimum Gasteiger partial charge on any atom is -0.390 e.